The van der Waals surface area contributed by atoms with E-state index in [0.29, 0.717) is 41.0 Å². The number of Topliss-reactive ketones (excluding diaryl/α,β-unsaturated/α-hetero) is 1. The number of aryl methyl sites for hydroxylation is 1. The largest absolute Gasteiger partial charge is 0.507 e. The smallest absolute Gasteiger partial charge is 0.301 e. The van der Waals surface area contributed by atoms with Crippen molar-refractivity contribution in [3.63, 3.8) is 0 Å². The van der Waals surface area contributed by atoms with Crippen molar-refractivity contribution in [1.29, 1.82) is 0 Å². The molecule has 0 bridgehead atoms. The van der Waals surface area contributed by atoms with Gasteiger partial charge in [0.25, 0.3) is 5.78 Å². The number of hydrogen-bond donors (Lipinski definition) is 1. The number of benzene rings is 3. The third kappa shape index (κ3) is 6.33. The maximum absolute atomic E-state index is 13.4. The van der Waals surface area contributed by atoms with Gasteiger partial charge in [-0.25, -0.2) is 4.98 Å². The Morgan fingerprint density at radius 3 is 2.39 bits per heavy atom. The van der Waals surface area contributed by atoms with Crippen LogP contribution in [0.15, 0.2) is 89.9 Å². The SMILES string of the molecule is CCCCCOc1ccc(C2/C(=C(\O)c3ccc(OCc4cccc(C)c4)cc3)C(=O)C(=O)N2c2nccs2)cc1. The average Bonchev–Trinajstić information content (AvgIpc) is 3.61. The zero-order valence-electron chi connectivity index (χ0n) is 23.1. The summed E-state index contributed by atoms with van der Waals surface area (Å²) in [5.41, 5.74) is 3.29. The summed E-state index contributed by atoms with van der Waals surface area (Å²) in [6.45, 7) is 5.20. The van der Waals surface area contributed by atoms with Gasteiger partial charge in [0.05, 0.1) is 18.2 Å². The molecule has 8 heteroatoms. The van der Waals surface area contributed by atoms with Gasteiger partial charge in [-0.05, 0) is 60.9 Å². The first-order valence-corrected chi connectivity index (χ1v) is 14.6. The summed E-state index contributed by atoms with van der Waals surface area (Å²) < 4.78 is 11.8. The molecule has 0 spiro atoms. The fourth-order valence-corrected chi connectivity index (χ4v) is 5.47. The van der Waals surface area contributed by atoms with E-state index in [2.05, 4.69) is 18.0 Å². The second-order valence-electron chi connectivity index (χ2n) is 9.91. The predicted octanol–water partition coefficient (Wildman–Crippen LogP) is 7.23. The molecular weight excluding hydrogens is 536 g/mol. The zero-order valence-corrected chi connectivity index (χ0v) is 23.9. The van der Waals surface area contributed by atoms with Crippen molar-refractivity contribution in [3.8, 4) is 11.5 Å². The van der Waals surface area contributed by atoms with Crippen LogP contribution in [0.1, 0.15) is 54.5 Å². The van der Waals surface area contributed by atoms with E-state index in [1.54, 1.807) is 35.8 Å². The van der Waals surface area contributed by atoms with Crippen LogP contribution in [0.3, 0.4) is 0 Å². The molecule has 1 saturated heterocycles. The molecule has 1 aliphatic rings. The molecule has 2 heterocycles. The second-order valence-corrected chi connectivity index (χ2v) is 10.8. The number of carbonyl (C=O) groups is 2. The molecule has 210 valence electrons. The number of nitrogens with zero attached hydrogens (tertiary/aromatic N) is 2. The minimum Gasteiger partial charge on any atom is -0.507 e. The van der Waals surface area contributed by atoms with E-state index in [9.17, 15) is 14.7 Å². The Balaban J connectivity index is 1.43. The number of ether oxygens (including phenoxy) is 2. The van der Waals surface area contributed by atoms with Crippen LogP contribution in [-0.2, 0) is 16.2 Å². The van der Waals surface area contributed by atoms with Gasteiger partial charge in [-0.3, -0.25) is 14.5 Å². The van der Waals surface area contributed by atoms with E-state index in [4.69, 9.17) is 9.47 Å². The Morgan fingerprint density at radius 1 is 0.976 bits per heavy atom. The molecule has 1 fully saturated rings. The van der Waals surface area contributed by atoms with Crippen LogP contribution < -0.4 is 14.4 Å². The van der Waals surface area contributed by atoms with Gasteiger partial charge >= 0.3 is 5.91 Å². The highest BCUT2D eigenvalue weighted by Gasteiger charge is 2.48. The Hall–Kier alpha value is -4.43. The molecule has 1 amide bonds. The molecule has 41 heavy (non-hydrogen) atoms. The summed E-state index contributed by atoms with van der Waals surface area (Å²) >= 11 is 1.26. The molecule has 1 aliphatic heterocycles. The summed E-state index contributed by atoms with van der Waals surface area (Å²) in [4.78, 5) is 32.3. The van der Waals surface area contributed by atoms with Gasteiger partial charge in [0.1, 0.15) is 23.9 Å². The molecule has 1 N–H and O–H groups in total. The van der Waals surface area contributed by atoms with Crippen molar-refractivity contribution in [3.05, 3.63) is 112 Å². The van der Waals surface area contributed by atoms with Gasteiger partial charge in [0.15, 0.2) is 5.13 Å². The van der Waals surface area contributed by atoms with Gasteiger partial charge in [-0.1, -0.05) is 61.7 Å². The number of unbranched alkanes of at least 4 members (excludes halogenated alkanes) is 2. The van der Waals surface area contributed by atoms with Crippen LogP contribution in [0.25, 0.3) is 5.76 Å². The van der Waals surface area contributed by atoms with E-state index in [0.717, 1.165) is 30.4 Å². The lowest BCUT2D eigenvalue weighted by Gasteiger charge is -2.23. The summed E-state index contributed by atoms with van der Waals surface area (Å²) in [5.74, 6) is -0.418. The van der Waals surface area contributed by atoms with Crippen LogP contribution in [0, 0.1) is 6.92 Å². The van der Waals surface area contributed by atoms with Crippen LogP contribution in [0.4, 0.5) is 5.13 Å². The monoisotopic (exact) mass is 568 g/mol. The fraction of sp³-hybridized carbons (Fsp3) is 0.242. The van der Waals surface area contributed by atoms with Crippen molar-refractivity contribution >= 4 is 33.9 Å². The molecule has 0 aliphatic carbocycles. The van der Waals surface area contributed by atoms with Gasteiger partial charge < -0.3 is 14.6 Å². The van der Waals surface area contributed by atoms with Crippen molar-refractivity contribution in [2.75, 3.05) is 11.5 Å². The van der Waals surface area contributed by atoms with Crippen molar-refractivity contribution in [2.45, 2.75) is 45.8 Å². The van der Waals surface area contributed by atoms with E-state index in [-0.39, 0.29) is 11.3 Å². The highest BCUT2D eigenvalue weighted by Crippen LogP contribution is 2.43. The number of rotatable bonds is 11. The highest BCUT2D eigenvalue weighted by atomic mass is 32.1. The number of amides is 1. The number of aromatic nitrogens is 1. The van der Waals surface area contributed by atoms with Crippen molar-refractivity contribution in [2.24, 2.45) is 0 Å². The topological polar surface area (TPSA) is 89.0 Å². The van der Waals surface area contributed by atoms with Crippen molar-refractivity contribution < 1.29 is 24.2 Å². The number of anilines is 1. The van der Waals surface area contributed by atoms with Gasteiger partial charge in [0.2, 0.25) is 0 Å². The zero-order chi connectivity index (χ0) is 28.8. The second kappa shape index (κ2) is 12.8. The van der Waals surface area contributed by atoms with E-state index >= 15 is 0 Å². The molecule has 0 saturated carbocycles. The van der Waals surface area contributed by atoms with Gasteiger partial charge in [0, 0.05) is 17.1 Å². The molecule has 4 aromatic rings. The molecule has 7 nitrogen and oxygen atoms in total. The predicted molar refractivity (Wildman–Crippen MR) is 160 cm³/mol. The lowest BCUT2D eigenvalue weighted by atomic mass is 9.95. The summed E-state index contributed by atoms with van der Waals surface area (Å²) in [6, 6.07) is 21.4. The third-order valence-corrected chi connectivity index (χ3v) is 7.67. The Morgan fingerprint density at radius 2 is 1.71 bits per heavy atom. The minimum atomic E-state index is -0.840. The average molecular weight is 569 g/mol. The van der Waals surface area contributed by atoms with Gasteiger partial charge in [-0.15, -0.1) is 11.3 Å². The van der Waals surface area contributed by atoms with Crippen molar-refractivity contribution in [1.82, 2.24) is 4.98 Å². The fourth-order valence-electron chi connectivity index (χ4n) is 4.80. The van der Waals surface area contributed by atoms with E-state index < -0.39 is 17.7 Å². The highest BCUT2D eigenvalue weighted by molar-refractivity contribution is 7.14. The number of aliphatic hydroxyl groups excluding tert-OH is 1. The van der Waals surface area contributed by atoms with Crippen LogP contribution in [-0.4, -0.2) is 28.4 Å². The first-order chi connectivity index (χ1) is 20.0. The number of thiazole rings is 1. The first-order valence-electron chi connectivity index (χ1n) is 13.7. The first kappa shape index (κ1) is 28.1. The summed E-state index contributed by atoms with van der Waals surface area (Å²) in [6.07, 6.45) is 4.76. The van der Waals surface area contributed by atoms with Gasteiger partial charge in [-0.2, -0.15) is 0 Å². The summed E-state index contributed by atoms with van der Waals surface area (Å²) in [5, 5.41) is 13.5. The maximum atomic E-state index is 13.4. The van der Waals surface area contributed by atoms with Crippen LogP contribution in [0.2, 0.25) is 0 Å². The van der Waals surface area contributed by atoms with Crippen LogP contribution in [0.5, 0.6) is 11.5 Å². The number of aliphatic hydroxyl groups is 1. The molecule has 3 aromatic carbocycles. The molecule has 1 atom stereocenters. The third-order valence-electron chi connectivity index (χ3n) is 6.90. The Labute approximate surface area is 243 Å². The van der Waals surface area contributed by atoms with E-state index in [1.165, 1.54) is 16.2 Å². The quantitative estimate of drug-likeness (QED) is 0.0889. The maximum Gasteiger partial charge on any atom is 0.301 e. The molecular formula is C33H32N2O5S. The number of carbonyl (C=O) groups excluding carboxylic acids is 2. The molecule has 1 unspecified atom stereocenters. The minimum absolute atomic E-state index is 0.00948. The number of ketones is 1. The standard InChI is InChI=1S/C33H32N2O5S/c1-3-4-5-18-39-26-13-9-24(10-14-26)29-28(31(37)32(38)35(29)33-34-17-19-41-33)30(36)25-11-15-27(16-12-25)40-21-23-8-6-7-22(2)20-23/h6-17,19-20,29,36H,3-5,18,21H2,1-2H3/b30-28+. The lowest BCUT2D eigenvalue weighted by Crippen LogP contribution is -2.29. The van der Waals surface area contributed by atoms with E-state index in [1.807, 2.05) is 49.4 Å². The molecule has 1 aromatic heterocycles. The molecule has 0 radical (unpaired) electrons. The Kier molecular flexibility index (Phi) is 8.79. The Bertz CT molecular complexity index is 1530. The normalized spacial score (nSPS) is 16.2. The number of hydrogen-bond acceptors (Lipinski definition) is 7. The molecule has 5 rings (SSSR count). The lowest BCUT2D eigenvalue weighted by molar-refractivity contribution is -0.132. The summed E-state index contributed by atoms with van der Waals surface area (Å²) in [7, 11) is 0. The van der Waals surface area contributed by atoms with Crippen LogP contribution >= 0.6 is 11.3 Å².